The number of hydrogen-bond acceptors (Lipinski definition) is 4. The van der Waals surface area contributed by atoms with Gasteiger partial charge in [-0.05, 0) is 73.5 Å². The molecule has 0 unspecified atom stereocenters. The lowest BCUT2D eigenvalue weighted by Gasteiger charge is -2.19. The molecule has 2 amide bonds. The zero-order valence-electron chi connectivity index (χ0n) is 17.0. The lowest BCUT2D eigenvalue weighted by molar-refractivity contribution is 0.262. The number of rotatable bonds is 6. The Kier molecular flexibility index (Phi) is 5.81. The maximum absolute atomic E-state index is 13.0. The van der Waals surface area contributed by atoms with E-state index in [9.17, 15) is 13.2 Å². The first-order valence-electron chi connectivity index (χ1n) is 9.99. The molecule has 0 radical (unpaired) electrons. The fraction of sp³-hybridized carbons (Fsp3) is 0.174. The molecular weight excluding hydrogens is 414 g/mol. The Labute approximate surface area is 181 Å². The van der Waals surface area contributed by atoms with E-state index < -0.39 is 10.0 Å². The van der Waals surface area contributed by atoms with Crippen molar-refractivity contribution in [1.82, 2.24) is 0 Å². The van der Waals surface area contributed by atoms with Crippen molar-refractivity contribution in [2.24, 2.45) is 0 Å². The zero-order valence-corrected chi connectivity index (χ0v) is 17.9. The van der Waals surface area contributed by atoms with Crippen LogP contribution in [-0.2, 0) is 16.4 Å². The number of benzene rings is 3. The molecule has 1 aliphatic rings. The highest BCUT2D eigenvalue weighted by atomic mass is 32.2. The molecule has 0 aliphatic carbocycles. The Morgan fingerprint density at radius 2 is 1.65 bits per heavy atom. The van der Waals surface area contributed by atoms with Gasteiger partial charge >= 0.3 is 6.03 Å². The van der Waals surface area contributed by atoms with E-state index in [1.54, 1.807) is 66.7 Å². The van der Waals surface area contributed by atoms with E-state index >= 15 is 0 Å². The number of carbonyl (C=O) groups is 1. The Hall–Kier alpha value is -3.52. The molecule has 3 aromatic carbocycles. The van der Waals surface area contributed by atoms with Crippen molar-refractivity contribution < 1.29 is 17.9 Å². The third-order valence-electron chi connectivity index (χ3n) is 4.94. The fourth-order valence-electron chi connectivity index (χ4n) is 3.51. The monoisotopic (exact) mass is 437 g/mol. The van der Waals surface area contributed by atoms with E-state index in [1.165, 1.54) is 4.31 Å². The van der Waals surface area contributed by atoms with Crippen molar-refractivity contribution in [1.29, 1.82) is 0 Å². The van der Waals surface area contributed by atoms with Crippen LogP contribution in [-0.4, -0.2) is 27.6 Å². The summed E-state index contributed by atoms with van der Waals surface area (Å²) >= 11 is 0. The van der Waals surface area contributed by atoms with Gasteiger partial charge in [0.25, 0.3) is 10.0 Å². The van der Waals surface area contributed by atoms with Crippen molar-refractivity contribution in [3.63, 3.8) is 0 Å². The third-order valence-corrected chi connectivity index (χ3v) is 6.77. The summed E-state index contributed by atoms with van der Waals surface area (Å²) in [6.07, 6.45) is 0.581. The number of amides is 2. The summed E-state index contributed by atoms with van der Waals surface area (Å²) in [6, 6.07) is 20.4. The van der Waals surface area contributed by atoms with Crippen LogP contribution in [0.5, 0.6) is 5.75 Å². The van der Waals surface area contributed by atoms with Gasteiger partial charge in [0, 0.05) is 17.9 Å². The lowest BCUT2D eigenvalue weighted by atomic mass is 10.1. The molecular formula is C23H23N3O4S. The molecule has 4 rings (SSSR count). The summed E-state index contributed by atoms with van der Waals surface area (Å²) in [5.41, 5.74) is 2.75. The fourth-order valence-corrected chi connectivity index (χ4v) is 5.04. The molecule has 31 heavy (non-hydrogen) atoms. The number of urea groups is 1. The van der Waals surface area contributed by atoms with Crippen LogP contribution in [0, 0.1) is 0 Å². The second kappa shape index (κ2) is 8.69. The van der Waals surface area contributed by atoms with Gasteiger partial charge in [-0.1, -0.05) is 18.2 Å². The number of sulfonamides is 1. The van der Waals surface area contributed by atoms with Crippen LogP contribution in [0.25, 0.3) is 0 Å². The van der Waals surface area contributed by atoms with Gasteiger partial charge in [0.05, 0.1) is 17.2 Å². The summed E-state index contributed by atoms with van der Waals surface area (Å²) in [4.78, 5) is 12.6. The quantitative estimate of drug-likeness (QED) is 0.595. The SMILES string of the molecule is CCOc1ccc(NC(=O)Nc2ccc3c(c2)CCN3S(=O)(=O)c2ccccc2)cc1. The topological polar surface area (TPSA) is 87.7 Å². The van der Waals surface area contributed by atoms with Gasteiger partial charge in [-0.15, -0.1) is 0 Å². The average Bonchev–Trinajstić information content (AvgIpc) is 3.20. The summed E-state index contributed by atoms with van der Waals surface area (Å²) in [5, 5.41) is 5.57. The van der Waals surface area contributed by atoms with E-state index in [1.807, 2.05) is 13.0 Å². The van der Waals surface area contributed by atoms with Crippen molar-refractivity contribution in [2.75, 3.05) is 28.1 Å². The molecule has 0 spiro atoms. The van der Waals surface area contributed by atoms with E-state index in [-0.39, 0.29) is 10.9 Å². The number of fused-ring (bicyclic) bond motifs is 1. The van der Waals surface area contributed by atoms with E-state index in [0.717, 1.165) is 11.3 Å². The Bertz CT molecular complexity index is 1180. The van der Waals surface area contributed by atoms with E-state index in [0.29, 0.717) is 36.6 Å². The molecule has 0 atom stereocenters. The molecule has 0 aromatic heterocycles. The standard InChI is InChI=1S/C23H23N3O4S/c1-2-30-20-11-8-18(9-12-20)24-23(27)25-19-10-13-22-17(16-19)14-15-26(22)31(28,29)21-6-4-3-5-7-21/h3-13,16H,2,14-15H2,1H3,(H2,24,25,27). The predicted octanol–water partition coefficient (Wildman–Crippen LogP) is 4.48. The number of ether oxygens (including phenoxy) is 1. The average molecular weight is 438 g/mol. The molecule has 8 heteroatoms. The van der Waals surface area contributed by atoms with Crippen LogP contribution in [0.1, 0.15) is 12.5 Å². The molecule has 0 saturated heterocycles. The molecule has 160 valence electrons. The minimum Gasteiger partial charge on any atom is -0.494 e. The maximum Gasteiger partial charge on any atom is 0.323 e. The van der Waals surface area contributed by atoms with E-state index in [2.05, 4.69) is 10.6 Å². The highest BCUT2D eigenvalue weighted by molar-refractivity contribution is 7.92. The number of anilines is 3. The molecule has 0 saturated carbocycles. The van der Waals surface area contributed by atoms with Crippen LogP contribution in [0.2, 0.25) is 0 Å². The van der Waals surface area contributed by atoms with Crippen molar-refractivity contribution in [3.05, 3.63) is 78.4 Å². The second-order valence-corrected chi connectivity index (χ2v) is 8.88. The summed E-state index contributed by atoms with van der Waals surface area (Å²) in [5.74, 6) is 0.738. The Morgan fingerprint density at radius 1 is 0.968 bits per heavy atom. The first kappa shape index (κ1) is 20.7. The van der Waals surface area contributed by atoms with Crippen molar-refractivity contribution in [2.45, 2.75) is 18.2 Å². The molecule has 1 heterocycles. The molecule has 7 nitrogen and oxygen atoms in total. The summed E-state index contributed by atoms with van der Waals surface area (Å²) in [6.45, 7) is 2.86. The van der Waals surface area contributed by atoms with E-state index in [4.69, 9.17) is 4.74 Å². The van der Waals surface area contributed by atoms with Crippen LogP contribution in [0.3, 0.4) is 0 Å². The number of nitrogens with zero attached hydrogens (tertiary/aromatic N) is 1. The smallest absolute Gasteiger partial charge is 0.323 e. The lowest BCUT2D eigenvalue weighted by Crippen LogP contribution is -2.29. The van der Waals surface area contributed by atoms with Gasteiger partial charge in [-0.3, -0.25) is 4.31 Å². The third kappa shape index (κ3) is 4.49. The van der Waals surface area contributed by atoms with Gasteiger partial charge in [0.2, 0.25) is 0 Å². The first-order chi connectivity index (χ1) is 15.0. The number of carbonyl (C=O) groups excluding carboxylic acids is 1. The molecule has 2 N–H and O–H groups in total. The summed E-state index contributed by atoms with van der Waals surface area (Å²) < 4.78 is 32.7. The Balaban J connectivity index is 1.45. The zero-order chi connectivity index (χ0) is 21.8. The highest BCUT2D eigenvalue weighted by Crippen LogP contribution is 2.34. The minimum absolute atomic E-state index is 0.264. The van der Waals surface area contributed by atoms with Crippen LogP contribution in [0.15, 0.2) is 77.7 Å². The highest BCUT2D eigenvalue weighted by Gasteiger charge is 2.30. The van der Waals surface area contributed by atoms with Gasteiger partial charge in [0.15, 0.2) is 0 Å². The van der Waals surface area contributed by atoms with Gasteiger partial charge in [0.1, 0.15) is 5.75 Å². The van der Waals surface area contributed by atoms with Crippen LogP contribution < -0.4 is 19.7 Å². The number of nitrogens with one attached hydrogen (secondary N) is 2. The summed E-state index contributed by atoms with van der Waals surface area (Å²) in [7, 11) is -3.61. The molecule has 0 fully saturated rings. The van der Waals surface area contributed by atoms with Crippen LogP contribution in [0.4, 0.5) is 21.9 Å². The predicted molar refractivity (Wildman–Crippen MR) is 121 cm³/mol. The molecule has 0 bridgehead atoms. The maximum atomic E-state index is 13.0. The normalized spacial score (nSPS) is 12.9. The minimum atomic E-state index is -3.61. The van der Waals surface area contributed by atoms with Crippen molar-refractivity contribution >= 4 is 33.1 Å². The molecule has 1 aliphatic heterocycles. The first-order valence-corrected chi connectivity index (χ1v) is 11.4. The van der Waals surface area contributed by atoms with Crippen molar-refractivity contribution in [3.8, 4) is 5.75 Å². The number of hydrogen-bond donors (Lipinski definition) is 2. The van der Waals surface area contributed by atoms with Crippen LogP contribution >= 0.6 is 0 Å². The largest absolute Gasteiger partial charge is 0.494 e. The second-order valence-electron chi connectivity index (χ2n) is 7.02. The Morgan fingerprint density at radius 3 is 2.35 bits per heavy atom. The van der Waals surface area contributed by atoms with Gasteiger partial charge in [-0.25, -0.2) is 13.2 Å². The van der Waals surface area contributed by atoms with Gasteiger partial charge in [-0.2, -0.15) is 0 Å². The molecule has 3 aromatic rings. The van der Waals surface area contributed by atoms with Gasteiger partial charge < -0.3 is 15.4 Å².